The molecule has 1 heterocycles. The fourth-order valence-electron chi connectivity index (χ4n) is 1.75. The van der Waals surface area contributed by atoms with Crippen LogP contribution < -0.4 is 5.32 Å². The minimum Gasteiger partial charge on any atom is -0.462 e. The third-order valence-electron chi connectivity index (χ3n) is 2.86. The maximum atomic E-state index is 13.9. The van der Waals surface area contributed by atoms with Crippen LogP contribution in [0.1, 0.15) is 27.9 Å². The monoisotopic (exact) mass is 369 g/mol. The SMILES string of the molecule is CCOC(=O)c1ccc(NC(=O)c2ncc(Br)n2C)cc1F. The topological polar surface area (TPSA) is 73.2 Å². The molecule has 0 aliphatic carbocycles. The van der Waals surface area contributed by atoms with Crippen molar-refractivity contribution in [3.63, 3.8) is 0 Å². The van der Waals surface area contributed by atoms with E-state index in [0.29, 0.717) is 4.60 Å². The van der Waals surface area contributed by atoms with Crippen molar-refractivity contribution in [3.05, 3.63) is 46.2 Å². The van der Waals surface area contributed by atoms with E-state index in [2.05, 4.69) is 26.2 Å². The fraction of sp³-hybridized carbons (Fsp3) is 0.214. The van der Waals surface area contributed by atoms with Crippen LogP contribution in [0.2, 0.25) is 0 Å². The highest BCUT2D eigenvalue weighted by molar-refractivity contribution is 9.10. The van der Waals surface area contributed by atoms with Crippen LogP contribution in [0.15, 0.2) is 29.0 Å². The lowest BCUT2D eigenvalue weighted by Crippen LogP contribution is -2.17. The van der Waals surface area contributed by atoms with Crippen LogP contribution in [0.25, 0.3) is 0 Å². The Kier molecular flexibility index (Phi) is 4.92. The molecule has 0 radical (unpaired) electrons. The molecule has 0 spiro atoms. The molecule has 1 aromatic carbocycles. The number of esters is 1. The van der Waals surface area contributed by atoms with Gasteiger partial charge >= 0.3 is 5.97 Å². The number of halogens is 2. The molecule has 0 atom stereocenters. The van der Waals surface area contributed by atoms with Crippen molar-refractivity contribution in [3.8, 4) is 0 Å². The summed E-state index contributed by atoms with van der Waals surface area (Å²) >= 11 is 3.23. The summed E-state index contributed by atoms with van der Waals surface area (Å²) in [4.78, 5) is 27.5. The second-order valence-electron chi connectivity index (χ2n) is 4.33. The number of benzene rings is 1. The molecule has 22 heavy (non-hydrogen) atoms. The Morgan fingerprint density at radius 2 is 2.18 bits per heavy atom. The van der Waals surface area contributed by atoms with Gasteiger partial charge in [0.15, 0.2) is 5.82 Å². The fourth-order valence-corrected chi connectivity index (χ4v) is 2.02. The van der Waals surface area contributed by atoms with Crippen LogP contribution in [-0.2, 0) is 11.8 Å². The van der Waals surface area contributed by atoms with Crippen LogP contribution in [0.3, 0.4) is 0 Å². The van der Waals surface area contributed by atoms with Crippen LogP contribution in [0.4, 0.5) is 10.1 Å². The average molecular weight is 370 g/mol. The maximum absolute atomic E-state index is 13.9. The van der Waals surface area contributed by atoms with Gasteiger partial charge in [-0.1, -0.05) is 0 Å². The minimum absolute atomic E-state index is 0.158. The van der Waals surface area contributed by atoms with Gasteiger partial charge in [-0.3, -0.25) is 4.79 Å². The largest absolute Gasteiger partial charge is 0.462 e. The van der Waals surface area contributed by atoms with Crippen molar-refractivity contribution in [2.75, 3.05) is 11.9 Å². The molecule has 2 aromatic rings. The van der Waals surface area contributed by atoms with E-state index in [1.807, 2.05) is 0 Å². The van der Waals surface area contributed by atoms with Crippen LogP contribution in [-0.4, -0.2) is 28.0 Å². The Balaban J connectivity index is 2.17. The minimum atomic E-state index is -0.766. The summed E-state index contributed by atoms with van der Waals surface area (Å²) in [7, 11) is 1.66. The van der Waals surface area contributed by atoms with E-state index >= 15 is 0 Å². The van der Waals surface area contributed by atoms with Gasteiger partial charge < -0.3 is 14.6 Å². The van der Waals surface area contributed by atoms with Gasteiger partial charge in [0.05, 0.1) is 18.4 Å². The van der Waals surface area contributed by atoms with Gasteiger partial charge in [-0.2, -0.15) is 0 Å². The normalized spacial score (nSPS) is 10.4. The summed E-state index contributed by atoms with van der Waals surface area (Å²) in [6, 6.07) is 3.74. The Hall–Kier alpha value is -2.22. The highest BCUT2D eigenvalue weighted by Gasteiger charge is 2.16. The van der Waals surface area contributed by atoms with Crippen molar-refractivity contribution < 1.29 is 18.7 Å². The molecule has 0 saturated heterocycles. The first kappa shape index (κ1) is 16.2. The molecule has 0 unspecified atom stereocenters. The maximum Gasteiger partial charge on any atom is 0.341 e. The van der Waals surface area contributed by atoms with Gasteiger partial charge in [0.1, 0.15) is 10.4 Å². The molecule has 6 nitrogen and oxygen atoms in total. The number of hydrogen-bond donors (Lipinski definition) is 1. The zero-order valence-electron chi connectivity index (χ0n) is 11.9. The van der Waals surface area contributed by atoms with Crippen molar-refractivity contribution in [1.29, 1.82) is 0 Å². The van der Waals surface area contributed by atoms with Gasteiger partial charge in [0.25, 0.3) is 5.91 Å². The molecule has 0 aliphatic heterocycles. The zero-order chi connectivity index (χ0) is 16.3. The van der Waals surface area contributed by atoms with Gasteiger partial charge in [0, 0.05) is 12.7 Å². The highest BCUT2D eigenvalue weighted by Crippen LogP contribution is 2.17. The lowest BCUT2D eigenvalue weighted by Gasteiger charge is -2.08. The van der Waals surface area contributed by atoms with E-state index in [1.165, 1.54) is 18.3 Å². The summed E-state index contributed by atoms with van der Waals surface area (Å²) in [6.07, 6.45) is 1.49. The summed E-state index contributed by atoms with van der Waals surface area (Å²) in [5.41, 5.74) is 0.0363. The van der Waals surface area contributed by atoms with Crippen molar-refractivity contribution >= 4 is 33.5 Å². The second-order valence-corrected chi connectivity index (χ2v) is 5.15. The van der Waals surface area contributed by atoms with E-state index in [4.69, 9.17) is 4.74 Å². The zero-order valence-corrected chi connectivity index (χ0v) is 13.5. The van der Waals surface area contributed by atoms with Gasteiger partial charge in [-0.25, -0.2) is 14.2 Å². The van der Waals surface area contributed by atoms with Crippen molar-refractivity contribution in [2.24, 2.45) is 7.05 Å². The van der Waals surface area contributed by atoms with E-state index in [9.17, 15) is 14.0 Å². The molecular formula is C14H13BrFN3O3. The summed E-state index contributed by atoms with van der Waals surface area (Å²) in [5, 5.41) is 2.52. The Labute approximate surface area is 134 Å². The number of carbonyl (C=O) groups excluding carboxylic acids is 2. The molecule has 1 amide bonds. The second kappa shape index (κ2) is 6.69. The van der Waals surface area contributed by atoms with E-state index in [-0.39, 0.29) is 23.7 Å². The molecule has 116 valence electrons. The first-order valence-electron chi connectivity index (χ1n) is 6.39. The van der Waals surface area contributed by atoms with Gasteiger partial charge in [-0.15, -0.1) is 0 Å². The number of carbonyl (C=O) groups is 2. The average Bonchev–Trinajstić information content (AvgIpc) is 2.79. The Morgan fingerprint density at radius 1 is 1.45 bits per heavy atom. The third kappa shape index (κ3) is 3.33. The number of ether oxygens (including phenoxy) is 1. The van der Waals surface area contributed by atoms with Crippen molar-refractivity contribution in [2.45, 2.75) is 6.92 Å². The lowest BCUT2D eigenvalue weighted by molar-refractivity contribution is 0.0521. The standard InChI is InChI=1S/C14H13BrFN3O3/c1-3-22-14(21)9-5-4-8(6-10(9)16)18-13(20)12-17-7-11(15)19(12)2/h4-7H,3H2,1-2H3,(H,18,20). The van der Waals surface area contributed by atoms with Gasteiger partial charge in [-0.05, 0) is 41.1 Å². The summed E-state index contributed by atoms with van der Waals surface area (Å²) in [5.74, 6) is -1.83. The summed E-state index contributed by atoms with van der Waals surface area (Å²) < 4.78 is 20.8. The van der Waals surface area contributed by atoms with Crippen molar-refractivity contribution in [1.82, 2.24) is 9.55 Å². The first-order chi connectivity index (χ1) is 10.4. The predicted molar refractivity (Wildman–Crippen MR) is 81.2 cm³/mol. The number of rotatable bonds is 4. The predicted octanol–water partition coefficient (Wildman–Crippen LogP) is 2.75. The van der Waals surface area contributed by atoms with E-state index < -0.39 is 17.7 Å². The van der Waals surface area contributed by atoms with Crippen LogP contribution in [0.5, 0.6) is 0 Å². The molecule has 0 saturated carbocycles. The van der Waals surface area contributed by atoms with E-state index in [0.717, 1.165) is 6.07 Å². The summed E-state index contributed by atoms with van der Waals surface area (Å²) in [6.45, 7) is 1.79. The molecule has 0 fully saturated rings. The van der Waals surface area contributed by atoms with Gasteiger partial charge in [0.2, 0.25) is 0 Å². The number of hydrogen-bond acceptors (Lipinski definition) is 4. The first-order valence-corrected chi connectivity index (χ1v) is 7.18. The highest BCUT2D eigenvalue weighted by atomic mass is 79.9. The molecule has 0 aliphatic rings. The molecule has 1 aromatic heterocycles. The molecule has 0 bridgehead atoms. The number of amides is 1. The number of imidazole rings is 1. The Morgan fingerprint density at radius 3 is 2.73 bits per heavy atom. The molecule has 2 rings (SSSR count). The number of nitrogens with zero attached hydrogens (tertiary/aromatic N) is 2. The molecular weight excluding hydrogens is 357 g/mol. The smallest absolute Gasteiger partial charge is 0.341 e. The molecule has 8 heteroatoms. The lowest BCUT2D eigenvalue weighted by atomic mass is 10.2. The van der Waals surface area contributed by atoms with Crippen LogP contribution in [0, 0.1) is 5.82 Å². The third-order valence-corrected chi connectivity index (χ3v) is 3.59. The number of aromatic nitrogens is 2. The van der Waals surface area contributed by atoms with Crippen LogP contribution >= 0.6 is 15.9 Å². The molecule has 1 N–H and O–H groups in total. The quantitative estimate of drug-likeness (QED) is 0.840. The Bertz CT molecular complexity index is 730. The number of nitrogens with one attached hydrogen (secondary N) is 1. The van der Waals surface area contributed by atoms with E-state index in [1.54, 1.807) is 18.5 Å². The number of anilines is 1.